The van der Waals surface area contributed by atoms with E-state index < -0.39 is 29.6 Å². The number of amides is 3. The van der Waals surface area contributed by atoms with Gasteiger partial charge in [0.2, 0.25) is 17.7 Å². The van der Waals surface area contributed by atoms with E-state index in [1.54, 1.807) is 23.1 Å². The molecule has 1 aromatic carbocycles. The number of hydrogen-bond acceptors (Lipinski definition) is 4. The van der Waals surface area contributed by atoms with Gasteiger partial charge in [0.1, 0.15) is 11.6 Å². The normalized spacial score (nSPS) is 32.6. The predicted octanol–water partition coefficient (Wildman–Crippen LogP) is 4.33. The Kier molecular flexibility index (Phi) is 6.62. The van der Waals surface area contributed by atoms with Crippen LogP contribution in [-0.4, -0.2) is 52.5 Å². The molecule has 9 heteroatoms. The SMILES string of the molecule is CCC(C)N1C(=O)C2C(C(=O)Nc3cc(Cl)cc(Cl)c3)C3C=CC2(O3)C1C(=O)NC1CCCCC1. The summed E-state index contributed by atoms with van der Waals surface area (Å²) in [5.74, 6) is -2.29. The predicted molar refractivity (Wildman–Crippen MR) is 134 cm³/mol. The molecule has 2 bridgehead atoms. The molecule has 3 fully saturated rings. The highest BCUT2D eigenvalue weighted by Gasteiger charge is 2.73. The number of halogens is 2. The van der Waals surface area contributed by atoms with Crippen LogP contribution in [0.2, 0.25) is 10.0 Å². The van der Waals surface area contributed by atoms with Crippen molar-refractivity contribution >= 4 is 46.6 Å². The van der Waals surface area contributed by atoms with E-state index in [0.717, 1.165) is 25.7 Å². The Morgan fingerprint density at radius 3 is 2.49 bits per heavy atom. The summed E-state index contributed by atoms with van der Waals surface area (Å²) < 4.78 is 6.37. The van der Waals surface area contributed by atoms with Crippen LogP contribution in [0.15, 0.2) is 30.4 Å². The maximum Gasteiger partial charge on any atom is 0.246 e. The van der Waals surface area contributed by atoms with Gasteiger partial charge in [-0.15, -0.1) is 0 Å². The van der Waals surface area contributed by atoms with Gasteiger partial charge in [-0.25, -0.2) is 0 Å². The van der Waals surface area contributed by atoms with Crippen LogP contribution in [-0.2, 0) is 19.1 Å². The minimum Gasteiger partial charge on any atom is -0.359 e. The van der Waals surface area contributed by atoms with E-state index in [0.29, 0.717) is 22.2 Å². The summed E-state index contributed by atoms with van der Waals surface area (Å²) in [6, 6.07) is 3.92. The average Bonchev–Trinajstić information content (AvgIpc) is 3.45. The third-order valence-corrected chi connectivity index (χ3v) is 8.45. The molecule has 0 radical (unpaired) electrons. The number of fused-ring (bicyclic) bond motifs is 1. The Labute approximate surface area is 215 Å². The number of carbonyl (C=O) groups is 3. The molecule has 1 spiro atoms. The monoisotopic (exact) mass is 519 g/mol. The third-order valence-electron chi connectivity index (χ3n) is 8.01. The smallest absolute Gasteiger partial charge is 0.246 e. The lowest BCUT2D eigenvalue weighted by Gasteiger charge is -2.36. The number of benzene rings is 1. The third kappa shape index (κ3) is 4.15. The molecule has 7 nitrogen and oxygen atoms in total. The number of nitrogens with zero attached hydrogens (tertiary/aromatic N) is 1. The van der Waals surface area contributed by atoms with Crippen molar-refractivity contribution in [3.05, 3.63) is 40.4 Å². The highest BCUT2D eigenvalue weighted by molar-refractivity contribution is 6.35. The molecular weight excluding hydrogens is 489 g/mol. The van der Waals surface area contributed by atoms with Crippen molar-refractivity contribution in [2.75, 3.05) is 5.32 Å². The van der Waals surface area contributed by atoms with Gasteiger partial charge < -0.3 is 20.3 Å². The van der Waals surface area contributed by atoms with Crippen molar-refractivity contribution < 1.29 is 19.1 Å². The minimum atomic E-state index is -1.15. The Bertz CT molecular complexity index is 1050. The molecule has 3 amide bonds. The second-order valence-electron chi connectivity index (χ2n) is 10.2. The molecule has 0 aromatic heterocycles. The van der Waals surface area contributed by atoms with Gasteiger partial charge in [-0.05, 0) is 44.4 Å². The molecule has 1 aromatic rings. The molecule has 3 aliphatic heterocycles. The molecule has 2 N–H and O–H groups in total. The van der Waals surface area contributed by atoms with Gasteiger partial charge in [0, 0.05) is 27.8 Å². The van der Waals surface area contributed by atoms with Gasteiger partial charge in [0.25, 0.3) is 0 Å². The van der Waals surface area contributed by atoms with Gasteiger partial charge in [0.05, 0.1) is 17.9 Å². The Morgan fingerprint density at radius 1 is 1.14 bits per heavy atom. The fourth-order valence-electron chi connectivity index (χ4n) is 6.26. The van der Waals surface area contributed by atoms with Gasteiger partial charge in [-0.3, -0.25) is 14.4 Å². The van der Waals surface area contributed by atoms with Gasteiger partial charge >= 0.3 is 0 Å². The molecule has 5 rings (SSSR count). The van der Waals surface area contributed by atoms with E-state index in [1.165, 1.54) is 6.42 Å². The van der Waals surface area contributed by atoms with Crippen LogP contribution in [0.25, 0.3) is 0 Å². The zero-order chi connectivity index (χ0) is 24.9. The van der Waals surface area contributed by atoms with E-state index in [1.807, 2.05) is 26.0 Å². The molecular formula is C26H31Cl2N3O4. The summed E-state index contributed by atoms with van der Waals surface area (Å²) in [6.07, 6.45) is 9.01. The Hall–Kier alpha value is -2.09. The first kappa shape index (κ1) is 24.6. The lowest BCUT2D eigenvalue weighted by molar-refractivity contribution is -0.143. The van der Waals surface area contributed by atoms with Crippen molar-refractivity contribution in [1.29, 1.82) is 0 Å². The summed E-state index contributed by atoms with van der Waals surface area (Å²) in [5, 5.41) is 6.85. The number of rotatable bonds is 6. The number of carbonyl (C=O) groups excluding carboxylic acids is 3. The van der Waals surface area contributed by atoms with E-state index in [2.05, 4.69) is 10.6 Å². The molecule has 6 unspecified atom stereocenters. The molecule has 1 aliphatic carbocycles. The number of anilines is 1. The summed E-state index contributed by atoms with van der Waals surface area (Å²) >= 11 is 12.2. The second-order valence-corrected chi connectivity index (χ2v) is 11.1. The average molecular weight is 520 g/mol. The number of ether oxygens (including phenoxy) is 1. The van der Waals surface area contributed by atoms with Crippen LogP contribution in [0.4, 0.5) is 5.69 Å². The summed E-state index contributed by atoms with van der Waals surface area (Å²) in [6.45, 7) is 3.93. The number of hydrogen-bond donors (Lipinski definition) is 2. The first-order chi connectivity index (χ1) is 16.7. The Morgan fingerprint density at radius 2 is 1.83 bits per heavy atom. The molecule has 3 heterocycles. The highest BCUT2D eigenvalue weighted by atomic mass is 35.5. The summed E-state index contributed by atoms with van der Waals surface area (Å²) in [4.78, 5) is 42.7. The van der Waals surface area contributed by atoms with Crippen molar-refractivity contribution in [3.63, 3.8) is 0 Å². The fourth-order valence-corrected chi connectivity index (χ4v) is 6.78. The zero-order valence-electron chi connectivity index (χ0n) is 19.9. The van der Waals surface area contributed by atoms with Crippen LogP contribution < -0.4 is 10.6 Å². The van der Waals surface area contributed by atoms with Crippen LogP contribution in [0, 0.1) is 11.8 Å². The van der Waals surface area contributed by atoms with E-state index >= 15 is 0 Å². The summed E-state index contributed by atoms with van der Waals surface area (Å²) in [5.41, 5.74) is -0.707. The van der Waals surface area contributed by atoms with Gasteiger partial charge in [-0.2, -0.15) is 0 Å². The topological polar surface area (TPSA) is 87.7 Å². The number of likely N-dealkylation sites (tertiary alicyclic amines) is 1. The summed E-state index contributed by atoms with van der Waals surface area (Å²) in [7, 11) is 0. The lowest BCUT2D eigenvalue weighted by Crippen LogP contribution is -2.58. The molecule has 35 heavy (non-hydrogen) atoms. The quantitative estimate of drug-likeness (QED) is 0.547. The van der Waals surface area contributed by atoms with E-state index in [4.69, 9.17) is 27.9 Å². The van der Waals surface area contributed by atoms with Crippen molar-refractivity contribution in [2.45, 2.75) is 82.2 Å². The van der Waals surface area contributed by atoms with Gasteiger partial charge in [-0.1, -0.05) is 61.5 Å². The van der Waals surface area contributed by atoms with Gasteiger partial charge in [0.15, 0.2) is 0 Å². The van der Waals surface area contributed by atoms with Crippen molar-refractivity contribution in [1.82, 2.24) is 10.2 Å². The molecule has 2 saturated heterocycles. The maximum atomic E-state index is 13.9. The van der Waals surface area contributed by atoms with Crippen molar-refractivity contribution in [2.24, 2.45) is 11.8 Å². The molecule has 4 aliphatic rings. The highest BCUT2D eigenvalue weighted by Crippen LogP contribution is 2.55. The number of nitrogens with one attached hydrogen (secondary N) is 2. The lowest BCUT2D eigenvalue weighted by atomic mass is 9.74. The standard InChI is InChI=1S/C26H31Cl2N3O4/c1-3-14(2)31-22(24(33)29-17-7-5-4-6-8-17)26-10-9-19(35-26)20(21(26)25(31)34)23(32)30-18-12-15(27)11-16(28)13-18/h9-14,17,19-22H,3-8H2,1-2H3,(H,29,33)(H,30,32). The van der Waals surface area contributed by atoms with Crippen LogP contribution in [0.5, 0.6) is 0 Å². The largest absolute Gasteiger partial charge is 0.359 e. The van der Waals surface area contributed by atoms with Crippen molar-refractivity contribution in [3.8, 4) is 0 Å². The van der Waals surface area contributed by atoms with E-state index in [-0.39, 0.29) is 29.8 Å². The zero-order valence-corrected chi connectivity index (χ0v) is 21.4. The van der Waals surface area contributed by atoms with Crippen LogP contribution in [0.3, 0.4) is 0 Å². The molecule has 1 saturated carbocycles. The molecule has 188 valence electrons. The van der Waals surface area contributed by atoms with E-state index in [9.17, 15) is 14.4 Å². The fraction of sp³-hybridized carbons (Fsp3) is 0.577. The molecule has 6 atom stereocenters. The maximum absolute atomic E-state index is 13.9. The van der Waals surface area contributed by atoms with Crippen LogP contribution >= 0.6 is 23.2 Å². The minimum absolute atomic E-state index is 0.106. The second kappa shape index (κ2) is 9.41. The Balaban J connectivity index is 1.45. The van der Waals surface area contributed by atoms with Crippen LogP contribution in [0.1, 0.15) is 52.4 Å². The first-order valence-electron chi connectivity index (χ1n) is 12.5. The first-order valence-corrected chi connectivity index (χ1v) is 13.3.